The number of carbonyl (C=O) groups excluding carboxylic acids is 1. The number of imidazole rings is 1. The molecule has 3 heterocycles. The Hall–Kier alpha value is -1.99. The van der Waals surface area contributed by atoms with E-state index in [0.29, 0.717) is 6.61 Å². The van der Waals surface area contributed by atoms with Crippen molar-refractivity contribution in [1.82, 2.24) is 24.8 Å². The topological polar surface area (TPSA) is 72.3 Å². The molecule has 0 unspecified atom stereocenters. The van der Waals surface area contributed by atoms with Crippen molar-refractivity contribution in [3.05, 3.63) is 23.7 Å². The molecule has 22 heavy (non-hydrogen) atoms. The van der Waals surface area contributed by atoms with Crippen LogP contribution in [-0.2, 0) is 22.7 Å². The Morgan fingerprint density at radius 1 is 1.41 bits per heavy atom. The van der Waals surface area contributed by atoms with Gasteiger partial charge in [-0.1, -0.05) is 0 Å². The third kappa shape index (κ3) is 2.95. The summed E-state index contributed by atoms with van der Waals surface area (Å²) in [7, 11) is 1.63. The van der Waals surface area contributed by atoms with Crippen molar-refractivity contribution in [3.8, 4) is 0 Å². The molecule has 0 spiro atoms. The number of ether oxygens (including phenoxy) is 1. The van der Waals surface area contributed by atoms with E-state index in [2.05, 4.69) is 15.3 Å². The first-order valence-electron chi connectivity index (χ1n) is 7.48. The van der Waals surface area contributed by atoms with Crippen molar-refractivity contribution in [3.63, 3.8) is 0 Å². The fourth-order valence-electron chi connectivity index (χ4n) is 2.71. The molecule has 7 heteroatoms. The second kappa shape index (κ2) is 6.41. The molecular formula is C15H21N5O2. The van der Waals surface area contributed by atoms with E-state index in [4.69, 9.17) is 4.74 Å². The normalized spacial score (nSPS) is 15.5. The maximum absolute atomic E-state index is 12.5. The molecule has 0 aromatic carbocycles. The highest BCUT2D eigenvalue weighted by Gasteiger charge is 2.20. The molecule has 2 aromatic rings. The van der Waals surface area contributed by atoms with E-state index in [1.807, 2.05) is 22.5 Å². The molecule has 0 aliphatic carbocycles. The van der Waals surface area contributed by atoms with Crippen molar-refractivity contribution in [2.24, 2.45) is 0 Å². The van der Waals surface area contributed by atoms with E-state index >= 15 is 0 Å². The minimum absolute atomic E-state index is 0.0977. The average molecular weight is 303 g/mol. The predicted octanol–water partition coefficient (Wildman–Crippen LogP) is 0.318. The summed E-state index contributed by atoms with van der Waals surface area (Å²) in [6.45, 7) is 5.79. The number of amides is 1. The lowest BCUT2D eigenvalue weighted by atomic mass is 10.3. The Morgan fingerprint density at radius 2 is 2.18 bits per heavy atom. The fourth-order valence-corrected chi connectivity index (χ4v) is 2.71. The summed E-state index contributed by atoms with van der Waals surface area (Å²) < 4.78 is 7.07. The lowest BCUT2D eigenvalue weighted by molar-refractivity contribution is -0.132. The monoisotopic (exact) mass is 303 g/mol. The van der Waals surface area contributed by atoms with Crippen LogP contribution in [0.3, 0.4) is 0 Å². The molecule has 0 atom stereocenters. The lowest BCUT2D eigenvalue weighted by Crippen LogP contribution is -2.47. The van der Waals surface area contributed by atoms with Gasteiger partial charge in [0, 0.05) is 39.5 Å². The maximum atomic E-state index is 12.5. The summed E-state index contributed by atoms with van der Waals surface area (Å²) in [6.07, 6.45) is 1.80. The summed E-state index contributed by atoms with van der Waals surface area (Å²) in [6, 6.07) is 1.98. The van der Waals surface area contributed by atoms with Gasteiger partial charge in [0.05, 0.1) is 0 Å². The van der Waals surface area contributed by atoms with Crippen molar-refractivity contribution in [2.75, 3.05) is 33.3 Å². The highest BCUT2D eigenvalue weighted by molar-refractivity contribution is 5.79. The number of rotatable bonds is 4. The fraction of sp³-hybridized carbons (Fsp3) is 0.533. The molecule has 0 bridgehead atoms. The predicted molar refractivity (Wildman–Crippen MR) is 82.4 cm³/mol. The van der Waals surface area contributed by atoms with E-state index in [1.165, 1.54) is 0 Å². The molecule has 118 valence electrons. The lowest BCUT2D eigenvalue weighted by Gasteiger charge is -2.27. The number of aryl methyl sites for hydroxylation is 1. The zero-order valence-electron chi connectivity index (χ0n) is 13.0. The SMILES string of the molecule is COCc1nc2cc(C)cnc2n1CC(=O)N1CCNCC1. The molecule has 0 saturated carbocycles. The van der Waals surface area contributed by atoms with Gasteiger partial charge in [-0.25, -0.2) is 9.97 Å². The van der Waals surface area contributed by atoms with E-state index < -0.39 is 0 Å². The summed E-state index contributed by atoms with van der Waals surface area (Å²) in [4.78, 5) is 23.4. The number of pyridine rings is 1. The number of nitrogens with zero attached hydrogens (tertiary/aromatic N) is 4. The largest absolute Gasteiger partial charge is 0.377 e. The number of nitrogens with one attached hydrogen (secondary N) is 1. The van der Waals surface area contributed by atoms with Crippen LogP contribution in [0, 0.1) is 6.92 Å². The maximum Gasteiger partial charge on any atom is 0.242 e. The van der Waals surface area contributed by atoms with Crippen LogP contribution in [0.25, 0.3) is 11.2 Å². The summed E-state index contributed by atoms with van der Waals surface area (Å²) >= 11 is 0. The highest BCUT2D eigenvalue weighted by Crippen LogP contribution is 2.16. The number of piperazine rings is 1. The zero-order chi connectivity index (χ0) is 15.5. The van der Waals surface area contributed by atoms with Gasteiger partial charge in [0.15, 0.2) is 5.65 Å². The van der Waals surface area contributed by atoms with Gasteiger partial charge in [-0.15, -0.1) is 0 Å². The van der Waals surface area contributed by atoms with Crippen LogP contribution >= 0.6 is 0 Å². The van der Waals surface area contributed by atoms with Crippen LogP contribution < -0.4 is 5.32 Å². The van der Waals surface area contributed by atoms with Gasteiger partial charge >= 0.3 is 0 Å². The smallest absolute Gasteiger partial charge is 0.242 e. The average Bonchev–Trinajstić information content (AvgIpc) is 2.85. The molecule has 0 radical (unpaired) electrons. The standard InChI is InChI=1S/C15H21N5O2/c1-11-7-12-15(17-8-11)20(13(18-12)10-22-2)9-14(21)19-5-3-16-4-6-19/h7-8,16H,3-6,9-10H2,1-2H3. The van der Waals surface area contributed by atoms with Gasteiger partial charge in [-0.2, -0.15) is 0 Å². The van der Waals surface area contributed by atoms with Crippen LogP contribution in [0.15, 0.2) is 12.3 Å². The Balaban J connectivity index is 1.90. The highest BCUT2D eigenvalue weighted by atomic mass is 16.5. The van der Waals surface area contributed by atoms with Gasteiger partial charge in [0.1, 0.15) is 24.5 Å². The Labute approximate surface area is 129 Å². The molecular weight excluding hydrogens is 282 g/mol. The number of hydrogen-bond donors (Lipinski definition) is 1. The van der Waals surface area contributed by atoms with Crippen LogP contribution in [0.2, 0.25) is 0 Å². The molecule has 1 aliphatic heterocycles. The summed E-state index contributed by atoms with van der Waals surface area (Å²) in [5.41, 5.74) is 2.59. The number of hydrogen-bond acceptors (Lipinski definition) is 5. The molecule has 3 rings (SSSR count). The first-order valence-corrected chi connectivity index (χ1v) is 7.48. The van der Waals surface area contributed by atoms with Crippen molar-refractivity contribution in [1.29, 1.82) is 0 Å². The van der Waals surface area contributed by atoms with Gasteiger partial charge in [-0.05, 0) is 18.6 Å². The van der Waals surface area contributed by atoms with E-state index in [9.17, 15) is 4.79 Å². The first kappa shape index (κ1) is 14.9. The zero-order valence-corrected chi connectivity index (χ0v) is 13.0. The molecule has 1 N–H and O–H groups in total. The minimum Gasteiger partial charge on any atom is -0.377 e. The molecule has 2 aromatic heterocycles. The summed E-state index contributed by atoms with van der Waals surface area (Å²) in [5.74, 6) is 0.833. The Morgan fingerprint density at radius 3 is 2.91 bits per heavy atom. The van der Waals surface area contributed by atoms with Gasteiger partial charge in [-0.3, -0.25) is 4.79 Å². The van der Waals surface area contributed by atoms with Gasteiger partial charge in [0.25, 0.3) is 0 Å². The number of fused-ring (bicyclic) bond motifs is 1. The van der Waals surface area contributed by atoms with E-state index in [0.717, 1.165) is 48.7 Å². The third-order valence-electron chi connectivity index (χ3n) is 3.84. The van der Waals surface area contributed by atoms with Crippen LogP contribution in [0.1, 0.15) is 11.4 Å². The minimum atomic E-state index is 0.0977. The van der Waals surface area contributed by atoms with Crippen LogP contribution in [0.5, 0.6) is 0 Å². The number of aromatic nitrogens is 3. The van der Waals surface area contributed by atoms with Crippen LogP contribution in [0.4, 0.5) is 0 Å². The van der Waals surface area contributed by atoms with Crippen LogP contribution in [-0.4, -0.2) is 58.6 Å². The Kier molecular flexibility index (Phi) is 4.35. The molecule has 1 amide bonds. The van der Waals surface area contributed by atoms with E-state index in [-0.39, 0.29) is 12.5 Å². The number of carbonyl (C=O) groups is 1. The molecule has 7 nitrogen and oxygen atoms in total. The Bertz CT molecular complexity index is 676. The molecule has 1 saturated heterocycles. The van der Waals surface area contributed by atoms with Gasteiger partial charge in [0.2, 0.25) is 5.91 Å². The van der Waals surface area contributed by atoms with Crippen molar-refractivity contribution >= 4 is 17.1 Å². The first-order chi connectivity index (χ1) is 10.7. The third-order valence-corrected chi connectivity index (χ3v) is 3.84. The summed E-state index contributed by atoms with van der Waals surface area (Å²) in [5, 5.41) is 3.25. The molecule has 1 aliphatic rings. The molecule has 1 fully saturated rings. The van der Waals surface area contributed by atoms with E-state index in [1.54, 1.807) is 13.3 Å². The van der Waals surface area contributed by atoms with Crippen molar-refractivity contribution < 1.29 is 9.53 Å². The quantitative estimate of drug-likeness (QED) is 0.880. The number of methoxy groups -OCH3 is 1. The van der Waals surface area contributed by atoms with Crippen molar-refractivity contribution in [2.45, 2.75) is 20.1 Å². The second-order valence-electron chi connectivity index (χ2n) is 5.53. The second-order valence-corrected chi connectivity index (χ2v) is 5.53. The van der Waals surface area contributed by atoms with Gasteiger partial charge < -0.3 is 19.5 Å².